The van der Waals surface area contributed by atoms with E-state index in [1.807, 2.05) is 6.08 Å². The van der Waals surface area contributed by atoms with Crippen LogP contribution in [0.25, 0.3) is 0 Å². The Bertz CT molecular complexity index is 364. The molecular formula is C10H18N2O2S. The first kappa shape index (κ1) is 11.1. The van der Waals surface area contributed by atoms with Crippen LogP contribution in [0.15, 0.2) is 11.5 Å². The zero-order valence-corrected chi connectivity index (χ0v) is 10.00. The molecule has 1 fully saturated rings. The van der Waals surface area contributed by atoms with Crippen LogP contribution in [0.5, 0.6) is 0 Å². The summed E-state index contributed by atoms with van der Waals surface area (Å²) in [7, 11) is -2.93. The summed E-state index contributed by atoms with van der Waals surface area (Å²) in [6.07, 6.45) is 1.82. The fraction of sp³-hybridized carbons (Fsp3) is 0.800. The summed E-state index contributed by atoms with van der Waals surface area (Å²) < 4.78 is 22.7. The lowest BCUT2D eigenvalue weighted by Gasteiger charge is -2.40. The van der Waals surface area contributed by atoms with Gasteiger partial charge in [0.15, 0.2) is 9.84 Å². The molecule has 5 heteroatoms. The number of piperazine rings is 1. The Labute approximate surface area is 91.3 Å². The normalized spacial score (nSPS) is 40.8. The molecule has 3 unspecified atom stereocenters. The minimum atomic E-state index is -2.93. The molecule has 0 aromatic heterocycles. The van der Waals surface area contributed by atoms with Crippen molar-refractivity contribution in [3.05, 3.63) is 11.5 Å². The van der Waals surface area contributed by atoms with E-state index in [9.17, 15) is 8.42 Å². The highest BCUT2D eigenvalue weighted by Gasteiger charge is 2.32. The minimum Gasteiger partial charge on any atom is -0.311 e. The summed E-state index contributed by atoms with van der Waals surface area (Å²) in [4.78, 5) is 2.28. The first-order chi connectivity index (χ1) is 6.98. The molecule has 0 radical (unpaired) electrons. The SMILES string of the molecule is CC1CN(C2C=CS(=O)(=O)C2)C(C)CN1. The van der Waals surface area contributed by atoms with Gasteiger partial charge in [-0.25, -0.2) is 8.42 Å². The van der Waals surface area contributed by atoms with E-state index >= 15 is 0 Å². The molecule has 0 amide bonds. The molecule has 1 N–H and O–H groups in total. The van der Waals surface area contributed by atoms with Gasteiger partial charge in [-0.1, -0.05) is 6.08 Å². The van der Waals surface area contributed by atoms with Gasteiger partial charge in [0.1, 0.15) is 0 Å². The second-order valence-corrected chi connectivity index (χ2v) is 6.51. The molecule has 0 aromatic rings. The van der Waals surface area contributed by atoms with Gasteiger partial charge in [-0.3, -0.25) is 4.90 Å². The molecule has 0 spiro atoms. The van der Waals surface area contributed by atoms with Gasteiger partial charge in [0.25, 0.3) is 0 Å². The van der Waals surface area contributed by atoms with Crippen LogP contribution in [-0.4, -0.2) is 50.3 Å². The van der Waals surface area contributed by atoms with Crippen LogP contribution in [0.2, 0.25) is 0 Å². The topological polar surface area (TPSA) is 49.4 Å². The highest BCUT2D eigenvalue weighted by molar-refractivity contribution is 7.94. The first-order valence-electron chi connectivity index (χ1n) is 5.38. The Balaban J connectivity index is 2.08. The molecule has 4 nitrogen and oxygen atoms in total. The average Bonchev–Trinajstić information content (AvgIpc) is 2.50. The zero-order valence-electron chi connectivity index (χ0n) is 9.18. The summed E-state index contributed by atoms with van der Waals surface area (Å²) in [5.74, 6) is 0.254. The van der Waals surface area contributed by atoms with Gasteiger partial charge in [-0.05, 0) is 13.8 Å². The van der Waals surface area contributed by atoms with Crippen LogP contribution in [-0.2, 0) is 9.84 Å². The Morgan fingerprint density at radius 1 is 1.40 bits per heavy atom. The van der Waals surface area contributed by atoms with Crippen LogP contribution in [0, 0.1) is 0 Å². The molecule has 86 valence electrons. The van der Waals surface area contributed by atoms with Crippen molar-refractivity contribution in [2.45, 2.75) is 32.0 Å². The van der Waals surface area contributed by atoms with E-state index < -0.39 is 9.84 Å². The van der Waals surface area contributed by atoms with Crippen LogP contribution in [0.4, 0.5) is 0 Å². The number of rotatable bonds is 1. The van der Waals surface area contributed by atoms with Crippen molar-refractivity contribution in [3.8, 4) is 0 Å². The second kappa shape index (κ2) is 3.88. The number of sulfone groups is 1. The third-order valence-corrected chi connectivity index (χ3v) is 4.53. The maximum Gasteiger partial charge on any atom is 0.173 e. The smallest absolute Gasteiger partial charge is 0.173 e. The van der Waals surface area contributed by atoms with Crippen molar-refractivity contribution in [3.63, 3.8) is 0 Å². The summed E-state index contributed by atoms with van der Waals surface area (Å²) >= 11 is 0. The van der Waals surface area contributed by atoms with Gasteiger partial charge in [-0.15, -0.1) is 0 Å². The number of hydrogen-bond acceptors (Lipinski definition) is 4. The Morgan fingerprint density at radius 3 is 2.73 bits per heavy atom. The van der Waals surface area contributed by atoms with Gasteiger partial charge >= 0.3 is 0 Å². The zero-order chi connectivity index (χ0) is 11.1. The van der Waals surface area contributed by atoms with Crippen molar-refractivity contribution < 1.29 is 8.42 Å². The van der Waals surface area contributed by atoms with Gasteiger partial charge in [0, 0.05) is 36.6 Å². The molecule has 0 saturated carbocycles. The van der Waals surface area contributed by atoms with E-state index in [0.717, 1.165) is 13.1 Å². The van der Waals surface area contributed by atoms with Crippen LogP contribution >= 0.6 is 0 Å². The quantitative estimate of drug-likeness (QED) is 0.688. The Morgan fingerprint density at radius 2 is 2.13 bits per heavy atom. The maximum absolute atomic E-state index is 11.3. The van der Waals surface area contributed by atoms with Crippen molar-refractivity contribution in [2.75, 3.05) is 18.8 Å². The number of hydrogen-bond donors (Lipinski definition) is 1. The highest BCUT2D eigenvalue weighted by atomic mass is 32.2. The molecule has 2 aliphatic rings. The molecule has 2 heterocycles. The molecule has 2 aliphatic heterocycles. The standard InChI is InChI=1S/C10H18N2O2S/c1-8-6-12(9(2)5-11-8)10-3-4-15(13,14)7-10/h3-4,8-11H,5-7H2,1-2H3. The number of nitrogens with zero attached hydrogens (tertiary/aromatic N) is 1. The van der Waals surface area contributed by atoms with Crippen molar-refractivity contribution in [1.29, 1.82) is 0 Å². The van der Waals surface area contributed by atoms with E-state index in [2.05, 4.69) is 24.1 Å². The minimum absolute atomic E-state index is 0.0783. The fourth-order valence-electron chi connectivity index (χ4n) is 2.28. The molecular weight excluding hydrogens is 212 g/mol. The van der Waals surface area contributed by atoms with Crippen LogP contribution in [0.3, 0.4) is 0 Å². The second-order valence-electron chi connectivity index (χ2n) is 4.58. The van der Waals surface area contributed by atoms with E-state index in [4.69, 9.17) is 0 Å². The van der Waals surface area contributed by atoms with Crippen molar-refractivity contribution in [1.82, 2.24) is 10.2 Å². The third kappa shape index (κ3) is 2.41. The van der Waals surface area contributed by atoms with E-state index in [1.165, 1.54) is 5.41 Å². The summed E-state index contributed by atoms with van der Waals surface area (Å²) in [5, 5.41) is 4.75. The molecule has 0 aromatic carbocycles. The van der Waals surface area contributed by atoms with Crippen LogP contribution in [0.1, 0.15) is 13.8 Å². The lowest BCUT2D eigenvalue weighted by Crippen LogP contribution is -2.57. The third-order valence-electron chi connectivity index (χ3n) is 3.15. The van der Waals surface area contributed by atoms with Gasteiger partial charge < -0.3 is 5.32 Å². The van der Waals surface area contributed by atoms with E-state index in [-0.39, 0.29) is 11.8 Å². The highest BCUT2D eigenvalue weighted by Crippen LogP contribution is 2.19. The number of nitrogens with one attached hydrogen (secondary N) is 1. The lowest BCUT2D eigenvalue weighted by molar-refractivity contribution is 0.126. The van der Waals surface area contributed by atoms with E-state index in [0.29, 0.717) is 12.1 Å². The van der Waals surface area contributed by atoms with E-state index in [1.54, 1.807) is 0 Å². The van der Waals surface area contributed by atoms with Gasteiger partial charge in [0.05, 0.1) is 5.75 Å². The summed E-state index contributed by atoms with van der Waals surface area (Å²) in [6, 6.07) is 0.927. The van der Waals surface area contributed by atoms with Gasteiger partial charge in [0.2, 0.25) is 0 Å². The maximum atomic E-state index is 11.3. The summed E-state index contributed by atoms with van der Waals surface area (Å²) in [6.45, 7) is 6.13. The van der Waals surface area contributed by atoms with Gasteiger partial charge in [-0.2, -0.15) is 0 Å². The van der Waals surface area contributed by atoms with Crippen LogP contribution < -0.4 is 5.32 Å². The molecule has 15 heavy (non-hydrogen) atoms. The largest absolute Gasteiger partial charge is 0.311 e. The van der Waals surface area contributed by atoms with Crippen molar-refractivity contribution in [2.24, 2.45) is 0 Å². The fourth-order valence-corrected chi connectivity index (χ4v) is 3.59. The molecule has 0 aliphatic carbocycles. The monoisotopic (exact) mass is 230 g/mol. The van der Waals surface area contributed by atoms with Crippen molar-refractivity contribution >= 4 is 9.84 Å². The summed E-state index contributed by atoms with van der Waals surface area (Å²) in [5.41, 5.74) is 0. The lowest BCUT2D eigenvalue weighted by atomic mass is 10.1. The molecule has 0 bridgehead atoms. The predicted octanol–water partition coefficient (Wildman–Crippen LogP) is -0.0207. The molecule has 2 rings (SSSR count). The first-order valence-corrected chi connectivity index (χ1v) is 7.09. The molecule has 3 atom stereocenters. The molecule has 1 saturated heterocycles. The Kier molecular flexibility index (Phi) is 2.87. The predicted molar refractivity (Wildman–Crippen MR) is 60.3 cm³/mol. The Hall–Kier alpha value is -0.390. The average molecular weight is 230 g/mol.